The van der Waals surface area contributed by atoms with Crippen LogP contribution in [0.25, 0.3) is 0 Å². The molecule has 0 atom stereocenters. The van der Waals surface area contributed by atoms with Crippen molar-refractivity contribution in [2.75, 3.05) is 25.4 Å². The van der Waals surface area contributed by atoms with Crippen molar-refractivity contribution in [2.24, 2.45) is 0 Å². The zero-order chi connectivity index (χ0) is 13.4. The molecule has 2 rings (SSSR count). The highest BCUT2D eigenvalue weighted by Crippen LogP contribution is 2.27. The van der Waals surface area contributed by atoms with Crippen molar-refractivity contribution in [3.63, 3.8) is 0 Å². The van der Waals surface area contributed by atoms with Crippen LogP contribution in [0.5, 0.6) is 0 Å². The number of hydrogen-bond donors (Lipinski definition) is 1. The van der Waals surface area contributed by atoms with Crippen molar-refractivity contribution in [3.05, 3.63) is 12.4 Å². The minimum Gasteiger partial charge on any atom is -0.396 e. The second-order valence-corrected chi connectivity index (χ2v) is 6.37. The van der Waals surface area contributed by atoms with Gasteiger partial charge in [-0.3, -0.25) is 9.58 Å². The van der Waals surface area contributed by atoms with Crippen LogP contribution in [0.1, 0.15) is 27.7 Å². The van der Waals surface area contributed by atoms with Gasteiger partial charge in [-0.25, -0.2) is 0 Å². The Balaban J connectivity index is 1.93. The molecule has 0 aromatic carbocycles. The molecule has 2 N–H and O–H groups in total. The van der Waals surface area contributed by atoms with E-state index in [0.29, 0.717) is 0 Å². The molecular formula is C13H24N4O. The van der Waals surface area contributed by atoms with Crippen LogP contribution >= 0.6 is 0 Å². The average molecular weight is 252 g/mol. The van der Waals surface area contributed by atoms with Crippen LogP contribution in [0.15, 0.2) is 12.4 Å². The van der Waals surface area contributed by atoms with Crippen molar-refractivity contribution in [1.29, 1.82) is 0 Å². The number of nitrogens with zero attached hydrogens (tertiary/aromatic N) is 3. The highest BCUT2D eigenvalue weighted by Gasteiger charge is 2.37. The smallest absolute Gasteiger partial charge is 0.0760 e. The largest absolute Gasteiger partial charge is 0.396 e. The third-order valence-corrected chi connectivity index (χ3v) is 3.06. The molecule has 5 nitrogen and oxygen atoms in total. The van der Waals surface area contributed by atoms with Gasteiger partial charge < -0.3 is 10.5 Å². The van der Waals surface area contributed by atoms with E-state index in [9.17, 15) is 0 Å². The zero-order valence-corrected chi connectivity index (χ0v) is 11.8. The fourth-order valence-corrected chi connectivity index (χ4v) is 2.85. The Morgan fingerprint density at radius 2 is 1.83 bits per heavy atom. The van der Waals surface area contributed by atoms with Gasteiger partial charge in [-0.05, 0) is 27.7 Å². The number of nitrogen functional groups attached to an aromatic ring is 1. The van der Waals surface area contributed by atoms with Crippen LogP contribution in [0, 0.1) is 0 Å². The van der Waals surface area contributed by atoms with E-state index in [1.54, 1.807) is 6.20 Å². The van der Waals surface area contributed by atoms with Crippen LogP contribution < -0.4 is 5.73 Å². The maximum absolute atomic E-state index is 6.06. The number of nitrogens with two attached hydrogens (primary N) is 1. The van der Waals surface area contributed by atoms with E-state index in [4.69, 9.17) is 10.5 Å². The molecule has 0 aliphatic carbocycles. The molecule has 1 aliphatic heterocycles. The predicted octanol–water partition coefficient (Wildman–Crippen LogP) is 1.35. The molecule has 1 aliphatic rings. The van der Waals surface area contributed by atoms with Gasteiger partial charge >= 0.3 is 0 Å². The van der Waals surface area contributed by atoms with Crippen LogP contribution in [0.2, 0.25) is 0 Å². The minimum absolute atomic E-state index is 0.0924. The first-order valence-electron chi connectivity index (χ1n) is 6.46. The molecule has 1 saturated heterocycles. The van der Waals surface area contributed by atoms with Gasteiger partial charge in [-0.2, -0.15) is 5.10 Å². The van der Waals surface area contributed by atoms with Crippen molar-refractivity contribution in [3.8, 4) is 0 Å². The van der Waals surface area contributed by atoms with Crippen molar-refractivity contribution < 1.29 is 4.74 Å². The third kappa shape index (κ3) is 3.46. The van der Waals surface area contributed by atoms with E-state index in [-0.39, 0.29) is 11.2 Å². The predicted molar refractivity (Wildman–Crippen MR) is 72.3 cm³/mol. The quantitative estimate of drug-likeness (QED) is 0.882. The van der Waals surface area contributed by atoms with E-state index < -0.39 is 0 Å². The molecule has 0 unspecified atom stereocenters. The molecule has 0 spiro atoms. The van der Waals surface area contributed by atoms with Crippen LogP contribution in [-0.4, -0.2) is 45.5 Å². The summed E-state index contributed by atoms with van der Waals surface area (Å²) in [5.41, 5.74) is 6.19. The standard InChI is InChI=1S/C13H24N4O/c1-12(2)9-16(10-13(3,4)18-12)5-6-17-8-11(14)7-15-17/h7-8H,5-6,9-10,14H2,1-4H3. The summed E-state index contributed by atoms with van der Waals surface area (Å²) in [4.78, 5) is 2.43. The van der Waals surface area contributed by atoms with Gasteiger partial charge in [0.25, 0.3) is 0 Å². The maximum atomic E-state index is 6.06. The van der Waals surface area contributed by atoms with Crippen LogP contribution in [0.3, 0.4) is 0 Å². The highest BCUT2D eigenvalue weighted by molar-refractivity contribution is 5.30. The fourth-order valence-electron chi connectivity index (χ4n) is 2.85. The zero-order valence-electron chi connectivity index (χ0n) is 11.8. The van der Waals surface area contributed by atoms with E-state index in [1.165, 1.54) is 0 Å². The monoisotopic (exact) mass is 252 g/mol. The summed E-state index contributed by atoms with van der Waals surface area (Å²) in [6.07, 6.45) is 3.56. The Morgan fingerprint density at radius 1 is 1.22 bits per heavy atom. The van der Waals surface area contributed by atoms with Crippen molar-refractivity contribution in [2.45, 2.75) is 45.4 Å². The topological polar surface area (TPSA) is 56.3 Å². The molecule has 0 saturated carbocycles. The molecule has 0 radical (unpaired) electrons. The van der Waals surface area contributed by atoms with Crippen molar-refractivity contribution >= 4 is 5.69 Å². The molecule has 0 bridgehead atoms. The summed E-state index contributed by atoms with van der Waals surface area (Å²) in [6.45, 7) is 12.3. The number of ether oxygens (including phenoxy) is 1. The van der Waals surface area contributed by atoms with Crippen LogP contribution in [0.4, 0.5) is 5.69 Å². The highest BCUT2D eigenvalue weighted by atomic mass is 16.5. The Morgan fingerprint density at radius 3 is 2.33 bits per heavy atom. The number of anilines is 1. The lowest BCUT2D eigenvalue weighted by atomic mass is 9.99. The van der Waals surface area contributed by atoms with Gasteiger partial charge in [0.1, 0.15) is 0 Å². The lowest BCUT2D eigenvalue weighted by molar-refractivity contribution is -0.180. The molecule has 1 aromatic rings. The number of morpholine rings is 1. The summed E-state index contributed by atoms with van der Waals surface area (Å²) in [5, 5.41) is 4.21. The summed E-state index contributed by atoms with van der Waals surface area (Å²) < 4.78 is 7.96. The molecular weight excluding hydrogens is 228 g/mol. The van der Waals surface area contributed by atoms with Gasteiger partial charge in [0.05, 0.1) is 29.6 Å². The number of hydrogen-bond acceptors (Lipinski definition) is 4. The Kier molecular flexibility index (Phi) is 3.38. The SMILES string of the molecule is CC1(C)CN(CCn2cc(N)cn2)CC(C)(C)O1. The lowest BCUT2D eigenvalue weighted by Gasteiger charge is -2.47. The summed E-state index contributed by atoms with van der Waals surface area (Å²) in [7, 11) is 0. The first kappa shape index (κ1) is 13.4. The van der Waals surface area contributed by atoms with E-state index >= 15 is 0 Å². The third-order valence-electron chi connectivity index (χ3n) is 3.06. The summed E-state index contributed by atoms with van der Waals surface area (Å²) >= 11 is 0. The normalized spacial score (nSPS) is 23.1. The number of rotatable bonds is 3. The molecule has 2 heterocycles. The number of aromatic nitrogens is 2. The van der Waals surface area contributed by atoms with E-state index in [0.717, 1.165) is 31.9 Å². The van der Waals surface area contributed by atoms with Gasteiger partial charge in [-0.1, -0.05) is 0 Å². The Bertz CT molecular complexity index is 395. The van der Waals surface area contributed by atoms with Gasteiger partial charge in [0, 0.05) is 25.8 Å². The molecule has 1 fully saturated rings. The van der Waals surface area contributed by atoms with E-state index in [1.807, 2.05) is 10.9 Å². The second-order valence-electron chi connectivity index (χ2n) is 6.37. The van der Waals surface area contributed by atoms with Gasteiger partial charge in [-0.15, -0.1) is 0 Å². The molecule has 5 heteroatoms. The van der Waals surface area contributed by atoms with E-state index in [2.05, 4.69) is 37.7 Å². The molecule has 102 valence electrons. The second kappa shape index (κ2) is 4.55. The summed E-state index contributed by atoms with van der Waals surface area (Å²) in [6, 6.07) is 0. The first-order chi connectivity index (χ1) is 8.26. The minimum atomic E-state index is -0.0924. The maximum Gasteiger partial charge on any atom is 0.0760 e. The Hall–Kier alpha value is -1.07. The van der Waals surface area contributed by atoms with Crippen LogP contribution in [-0.2, 0) is 11.3 Å². The first-order valence-corrected chi connectivity index (χ1v) is 6.46. The Labute approximate surface area is 109 Å². The van der Waals surface area contributed by atoms with Gasteiger partial charge in [0.2, 0.25) is 0 Å². The van der Waals surface area contributed by atoms with Gasteiger partial charge in [0.15, 0.2) is 0 Å². The molecule has 1 aromatic heterocycles. The summed E-state index contributed by atoms with van der Waals surface area (Å²) in [5.74, 6) is 0. The lowest BCUT2D eigenvalue weighted by Crippen LogP contribution is -2.57. The molecule has 18 heavy (non-hydrogen) atoms. The molecule has 0 amide bonds. The van der Waals surface area contributed by atoms with Crippen molar-refractivity contribution in [1.82, 2.24) is 14.7 Å². The average Bonchev–Trinajstić information content (AvgIpc) is 2.56. The fraction of sp³-hybridized carbons (Fsp3) is 0.769.